The van der Waals surface area contributed by atoms with Gasteiger partial charge in [0.05, 0.1) is 12.2 Å². The second-order valence-corrected chi connectivity index (χ2v) is 5.63. The van der Waals surface area contributed by atoms with E-state index in [1.807, 2.05) is 34.0 Å². The number of nitrogens with one attached hydrogen (secondary N) is 2. The van der Waals surface area contributed by atoms with Gasteiger partial charge in [0.1, 0.15) is 0 Å². The maximum atomic E-state index is 11.8. The largest absolute Gasteiger partial charge is 0.396 e. The zero-order chi connectivity index (χ0) is 14.5. The third kappa shape index (κ3) is 5.30. The molecular formula is C13H24N4O2. The molecule has 0 saturated heterocycles. The second-order valence-electron chi connectivity index (χ2n) is 5.63. The van der Waals surface area contributed by atoms with Crippen LogP contribution in [0.15, 0.2) is 12.4 Å². The van der Waals surface area contributed by atoms with Gasteiger partial charge in [0.2, 0.25) is 0 Å². The Hall–Kier alpha value is -1.56. The van der Waals surface area contributed by atoms with Crippen LogP contribution in [-0.2, 0) is 7.05 Å². The van der Waals surface area contributed by atoms with Crippen LogP contribution in [0.25, 0.3) is 0 Å². The molecule has 2 amide bonds. The lowest BCUT2D eigenvalue weighted by atomic mass is 9.90. The average Bonchev–Trinajstić information content (AvgIpc) is 2.73. The minimum absolute atomic E-state index is 0.0883. The summed E-state index contributed by atoms with van der Waals surface area (Å²) in [4.78, 5) is 11.8. The molecule has 1 heterocycles. The zero-order valence-electron chi connectivity index (χ0n) is 12.1. The van der Waals surface area contributed by atoms with E-state index in [1.54, 1.807) is 10.9 Å². The minimum atomic E-state index is -0.206. The molecule has 19 heavy (non-hydrogen) atoms. The number of carbonyl (C=O) groups is 1. The predicted octanol–water partition coefficient (Wildman–Crippen LogP) is 1.19. The highest BCUT2D eigenvalue weighted by Crippen LogP contribution is 2.18. The third-order valence-corrected chi connectivity index (χ3v) is 3.09. The second kappa shape index (κ2) is 6.56. The summed E-state index contributed by atoms with van der Waals surface area (Å²) in [6.07, 6.45) is 4.27. The van der Waals surface area contributed by atoms with Crippen LogP contribution in [-0.4, -0.2) is 34.1 Å². The fraction of sp³-hybridized carbons (Fsp3) is 0.692. The fourth-order valence-electron chi connectivity index (χ4n) is 1.71. The first kappa shape index (κ1) is 15.5. The van der Waals surface area contributed by atoms with Crippen molar-refractivity contribution in [1.29, 1.82) is 0 Å². The molecule has 1 rings (SSSR count). The SMILES string of the molecule is CC(NC(=O)NCC(C)(C)CCO)c1cnn(C)c1. The molecule has 0 spiro atoms. The minimum Gasteiger partial charge on any atom is -0.396 e. The molecule has 1 aromatic rings. The highest BCUT2D eigenvalue weighted by Gasteiger charge is 2.19. The number of amides is 2. The van der Waals surface area contributed by atoms with Gasteiger partial charge in [-0.3, -0.25) is 4.68 Å². The van der Waals surface area contributed by atoms with Crippen molar-refractivity contribution < 1.29 is 9.90 Å². The highest BCUT2D eigenvalue weighted by molar-refractivity contribution is 5.74. The van der Waals surface area contributed by atoms with Crippen LogP contribution in [0.3, 0.4) is 0 Å². The Bertz CT molecular complexity index is 415. The Balaban J connectivity index is 2.39. The summed E-state index contributed by atoms with van der Waals surface area (Å²) in [7, 11) is 1.84. The molecule has 108 valence electrons. The summed E-state index contributed by atoms with van der Waals surface area (Å²) in [5, 5.41) is 18.7. The third-order valence-electron chi connectivity index (χ3n) is 3.09. The number of rotatable bonds is 6. The highest BCUT2D eigenvalue weighted by atomic mass is 16.3. The quantitative estimate of drug-likeness (QED) is 0.725. The standard InChI is InChI=1S/C13H24N4O2/c1-10(11-7-15-17(4)8-11)16-12(19)14-9-13(2,3)5-6-18/h7-8,10,18H,5-6,9H2,1-4H3,(H2,14,16,19). The van der Waals surface area contributed by atoms with E-state index in [9.17, 15) is 4.79 Å². The van der Waals surface area contributed by atoms with Gasteiger partial charge in [-0.1, -0.05) is 13.8 Å². The Kier molecular flexibility index (Phi) is 5.35. The van der Waals surface area contributed by atoms with Gasteiger partial charge in [-0.25, -0.2) is 4.79 Å². The Morgan fingerprint density at radius 3 is 2.79 bits per heavy atom. The molecule has 1 aromatic heterocycles. The van der Waals surface area contributed by atoms with Gasteiger partial charge in [0, 0.05) is 32.0 Å². The number of hydrogen-bond donors (Lipinski definition) is 3. The van der Waals surface area contributed by atoms with Crippen molar-refractivity contribution in [2.75, 3.05) is 13.2 Å². The zero-order valence-corrected chi connectivity index (χ0v) is 12.1. The summed E-state index contributed by atoms with van der Waals surface area (Å²) < 4.78 is 1.70. The molecule has 0 aliphatic carbocycles. The van der Waals surface area contributed by atoms with Crippen LogP contribution in [0.2, 0.25) is 0 Å². The lowest BCUT2D eigenvalue weighted by molar-refractivity contribution is 0.200. The number of aryl methyl sites for hydroxylation is 1. The van der Waals surface area contributed by atoms with Crippen LogP contribution in [0.1, 0.15) is 38.8 Å². The molecule has 1 unspecified atom stereocenters. The summed E-state index contributed by atoms with van der Waals surface area (Å²) in [5.41, 5.74) is 0.858. The van der Waals surface area contributed by atoms with Crippen LogP contribution in [0.4, 0.5) is 4.79 Å². The van der Waals surface area contributed by atoms with Gasteiger partial charge < -0.3 is 15.7 Å². The van der Waals surface area contributed by atoms with Crippen molar-refractivity contribution in [3.05, 3.63) is 18.0 Å². The van der Waals surface area contributed by atoms with Gasteiger partial charge in [-0.15, -0.1) is 0 Å². The maximum Gasteiger partial charge on any atom is 0.315 e. The van der Waals surface area contributed by atoms with Crippen LogP contribution < -0.4 is 10.6 Å². The van der Waals surface area contributed by atoms with Crippen molar-refractivity contribution in [2.45, 2.75) is 33.2 Å². The molecule has 6 heteroatoms. The average molecular weight is 268 g/mol. The maximum absolute atomic E-state index is 11.8. The molecule has 0 radical (unpaired) electrons. The van der Waals surface area contributed by atoms with E-state index >= 15 is 0 Å². The van der Waals surface area contributed by atoms with Crippen LogP contribution >= 0.6 is 0 Å². The van der Waals surface area contributed by atoms with Crippen molar-refractivity contribution in [1.82, 2.24) is 20.4 Å². The number of aliphatic hydroxyl groups is 1. The van der Waals surface area contributed by atoms with E-state index < -0.39 is 0 Å². The molecule has 1 atom stereocenters. The normalized spacial score (nSPS) is 13.1. The topological polar surface area (TPSA) is 79.2 Å². The molecule has 6 nitrogen and oxygen atoms in total. The number of hydrogen-bond acceptors (Lipinski definition) is 3. The van der Waals surface area contributed by atoms with E-state index in [1.165, 1.54) is 0 Å². The van der Waals surface area contributed by atoms with Gasteiger partial charge in [-0.2, -0.15) is 5.10 Å². The number of aromatic nitrogens is 2. The van der Waals surface area contributed by atoms with Crippen molar-refractivity contribution in [3.63, 3.8) is 0 Å². The molecule has 0 fully saturated rings. The number of nitrogens with zero attached hydrogens (tertiary/aromatic N) is 2. The molecule has 3 N–H and O–H groups in total. The number of aliphatic hydroxyl groups excluding tert-OH is 1. The summed E-state index contributed by atoms with van der Waals surface area (Å²) in [6, 6.07) is -0.294. The lowest BCUT2D eigenvalue weighted by Gasteiger charge is -2.24. The summed E-state index contributed by atoms with van der Waals surface area (Å²) in [6.45, 7) is 6.58. The van der Waals surface area contributed by atoms with E-state index in [-0.39, 0.29) is 24.1 Å². The van der Waals surface area contributed by atoms with E-state index in [0.29, 0.717) is 13.0 Å². The van der Waals surface area contributed by atoms with Crippen molar-refractivity contribution in [2.24, 2.45) is 12.5 Å². The van der Waals surface area contributed by atoms with Crippen LogP contribution in [0, 0.1) is 5.41 Å². The Morgan fingerprint density at radius 2 is 2.26 bits per heavy atom. The van der Waals surface area contributed by atoms with Gasteiger partial charge in [0.25, 0.3) is 0 Å². The first-order valence-corrected chi connectivity index (χ1v) is 6.48. The first-order valence-electron chi connectivity index (χ1n) is 6.48. The summed E-state index contributed by atoms with van der Waals surface area (Å²) in [5.74, 6) is 0. The Labute approximate surface area is 114 Å². The summed E-state index contributed by atoms with van der Waals surface area (Å²) >= 11 is 0. The fourth-order valence-corrected chi connectivity index (χ4v) is 1.71. The molecular weight excluding hydrogens is 244 g/mol. The van der Waals surface area contributed by atoms with E-state index in [2.05, 4.69) is 15.7 Å². The molecule has 0 saturated carbocycles. The van der Waals surface area contributed by atoms with Gasteiger partial charge >= 0.3 is 6.03 Å². The lowest BCUT2D eigenvalue weighted by Crippen LogP contribution is -2.41. The molecule has 0 aliphatic heterocycles. The molecule has 0 aliphatic rings. The van der Waals surface area contributed by atoms with Crippen molar-refractivity contribution in [3.8, 4) is 0 Å². The van der Waals surface area contributed by atoms with E-state index in [0.717, 1.165) is 5.56 Å². The number of urea groups is 1. The van der Waals surface area contributed by atoms with E-state index in [4.69, 9.17) is 5.11 Å². The van der Waals surface area contributed by atoms with Crippen LogP contribution in [0.5, 0.6) is 0 Å². The molecule has 0 bridgehead atoms. The number of carbonyl (C=O) groups excluding carboxylic acids is 1. The molecule has 0 aromatic carbocycles. The van der Waals surface area contributed by atoms with Gasteiger partial charge in [-0.05, 0) is 18.8 Å². The Morgan fingerprint density at radius 1 is 1.58 bits per heavy atom. The smallest absolute Gasteiger partial charge is 0.315 e. The first-order chi connectivity index (χ1) is 8.84. The monoisotopic (exact) mass is 268 g/mol. The predicted molar refractivity (Wildman–Crippen MR) is 73.6 cm³/mol. The van der Waals surface area contributed by atoms with Crippen molar-refractivity contribution >= 4 is 6.03 Å². The van der Waals surface area contributed by atoms with Gasteiger partial charge in [0.15, 0.2) is 0 Å².